The monoisotopic (exact) mass is 468 g/mol. The molecule has 0 saturated heterocycles. The average molecular weight is 469 g/mol. The van der Waals surface area contributed by atoms with Crippen LogP contribution in [0.5, 0.6) is 0 Å². The smallest absolute Gasteiger partial charge is 0.333 e. The lowest BCUT2D eigenvalue weighted by Crippen LogP contribution is -2.51. The fourth-order valence-electron chi connectivity index (χ4n) is 9.11. The molecule has 3 saturated carbocycles. The molecule has 0 heterocycles. The molecule has 0 aromatic carbocycles. The zero-order chi connectivity index (χ0) is 24.7. The molecule has 4 aliphatic rings. The minimum Gasteiger partial charge on any atom is -0.459 e. The zero-order valence-electron chi connectivity index (χ0n) is 23.3. The summed E-state index contributed by atoms with van der Waals surface area (Å²) in [5.74, 6) is 5.11. The molecular formula is C32H52O2. The van der Waals surface area contributed by atoms with Crippen LogP contribution in [0.1, 0.15) is 119 Å². The Bertz CT molecular complexity index is 806. The van der Waals surface area contributed by atoms with E-state index in [0.29, 0.717) is 10.8 Å². The van der Waals surface area contributed by atoms with Gasteiger partial charge in [0.15, 0.2) is 0 Å². The summed E-state index contributed by atoms with van der Waals surface area (Å²) in [6.45, 7) is 16.3. The van der Waals surface area contributed by atoms with Crippen molar-refractivity contribution < 1.29 is 9.53 Å². The summed E-state index contributed by atoms with van der Waals surface area (Å²) >= 11 is 0. The number of ether oxygens (including phenoxy) is 1. The molecule has 3 fully saturated rings. The van der Waals surface area contributed by atoms with E-state index < -0.39 is 0 Å². The Labute approximate surface area is 210 Å². The van der Waals surface area contributed by atoms with Crippen molar-refractivity contribution in [3.05, 3.63) is 23.3 Å². The molecule has 8 atom stereocenters. The highest BCUT2D eigenvalue weighted by molar-refractivity contribution is 5.87. The van der Waals surface area contributed by atoms with Crippen molar-refractivity contribution in [2.45, 2.75) is 125 Å². The average Bonchev–Trinajstić information content (AvgIpc) is 3.15. The summed E-state index contributed by atoms with van der Waals surface area (Å²) in [5, 5.41) is 0. The van der Waals surface area contributed by atoms with Crippen LogP contribution in [0.3, 0.4) is 0 Å². The number of rotatable bonds is 7. The van der Waals surface area contributed by atoms with Gasteiger partial charge in [0.2, 0.25) is 0 Å². The fourth-order valence-corrected chi connectivity index (χ4v) is 9.11. The molecule has 4 rings (SSSR count). The van der Waals surface area contributed by atoms with Gasteiger partial charge < -0.3 is 4.74 Å². The molecule has 0 aliphatic heterocycles. The molecule has 2 nitrogen and oxygen atoms in total. The van der Waals surface area contributed by atoms with E-state index in [2.05, 4.69) is 40.7 Å². The number of hydrogen-bond donors (Lipinski definition) is 0. The lowest BCUT2D eigenvalue weighted by molar-refractivity contribution is -0.146. The molecule has 0 amide bonds. The number of esters is 1. The first-order valence-corrected chi connectivity index (χ1v) is 14.6. The molecule has 0 N–H and O–H groups in total. The lowest BCUT2D eigenvalue weighted by Gasteiger charge is -2.58. The van der Waals surface area contributed by atoms with E-state index in [0.717, 1.165) is 53.9 Å². The van der Waals surface area contributed by atoms with Gasteiger partial charge in [-0.25, -0.2) is 4.79 Å². The number of carbonyl (C=O) groups excluding carboxylic acids is 1. The first-order chi connectivity index (χ1) is 16.1. The Morgan fingerprint density at radius 3 is 2.56 bits per heavy atom. The van der Waals surface area contributed by atoms with Crippen LogP contribution < -0.4 is 0 Å². The molecule has 0 aromatic rings. The van der Waals surface area contributed by atoms with E-state index >= 15 is 0 Å². The second kappa shape index (κ2) is 10.1. The van der Waals surface area contributed by atoms with Crippen molar-refractivity contribution in [1.29, 1.82) is 0 Å². The quantitative estimate of drug-likeness (QED) is 0.212. The molecule has 4 aliphatic carbocycles. The van der Waals surface area contributed by atoms with Gasteiger partial charge in [0.25, 0.3) is 0 Å². The lowest BCUT2D eigenvalue weighted by atomic mass is 9.47. The third-order valence-electron chi connectivity index (χ3n) is 11.3. The zero-order valence-corrected chi connectivity index (χ0v) is 23.3. The number of allylic oxidation sites excluding steroid dienone is 2. The van der Waals surface area contributed by atoms with Crippen LogP contribution in [0.15, 0.2) is 23.3 Å². The van der Waals surface area contributed by atoms with E-state index in [-0.39, 0.29) is 12.1 Å². The van der Waals surface area contributed by atoms with Crippen LogP contribution in [-0.4, -0.2) is 12.1 Å². The highest BCUT2D eigenvalue weighted by atomic mass is 16.5. The SMILES string of the molecule is C/C=C(\C)C(=O)O[C@H]1CC[C@@]2(C)C(=CC[C@H]3[C@@H]4CC[C@H]([C@@H](C)CCCC(C)C)[C@@]4(C)CC[C@@H]32)C1. The first-order valence-electron chi connectivity index (χ1n) is 14.6. The van der Waals surface area contributed by atoms with Gasteiger partial charge in [0.1, 0.15) is 6.10 Å². The van der Waals surface area contributed by atoms with E-state index in [1.54, 1.807) is 5.57 Å². The molecule has 34 heavy (non-hydrogen) atoms. The Kier molecular flexibility index (Phi) is 7.76. The molecule has 0 spiro atoms. The minimum absolute atomic E-state index is 0.0645. The summed E-state index contributed by atoms with van der Waals surface area (Å²) in [4.78, 5) is 12.3. The summed E-state index contributed by atoms with van der Waals surface area (Å²) < 4.78 is 5.90. The van der Waals surface area contributed by atoms with E-state index in [4.69, 9.17) is 4.74 Å². The molecule has 192 valence electrons. The van der Waals surface area contributed by atoms with Gasteiger partial charge in [-0.05, 0) is 105 Å². The number of hydrogen-bond acceptors (Lipinski definition) is 2. The van der Waals surface area contributed by atoms with E-state index in [9.17, 15) is 4.79 Å². The molecular weight excluding hydrogens is 416 g/mol. The Hall–Kier alpha value is -1.05. The second-order valence-electron chi connectivity index (χ2n) is 13.5. The largest absolute Gasteiger partial charge is 0.459 e. The molecule has 0 radical (unpaired) electrons. The van der Waals surface area contributed by atoms with Crippen LogP contribution in [0, 0.1) is 46.3 Å². The van der Waals surface area contributed by atoms with Gasteiger partial charge in [0.05, 0.1) is 0 Å². The van der Waals surface area contributed by atoms with Gasteiger partial charge in [-0.15, -0.1) is 0 Å². The fraction of sp³-hybridized carbons (Fsp3) is 0.844. The van der Waals surface area contributed by atoms with Crippen LogP contribution in [0.2, 0.25) is 0 Å². The highest BCUT2D eigenvalue weighted by Gasteiger charge is 2.59. The Morgan fingerprint density at radius 2 is 1.85 bits per heavy atom. The normalized spacial score (nSPS) is 40.8. The van der Waals surface area contributed by atoms with Gasteiger partial charge in [0, 0.05) is 12.0 Å². The minimum atomic E-state index is -0.127. The summed E-state index contributed by atoms with van der Waals surface area (Å²) in [5.41, 5.74) is 3.21. The number of carbonyl (C=O) groups is 1. The maximum atomic E-state index is 12.3. The van der Waals surface area contributed by atoms with Crippen molar-refractivity contribution in [3.63, 3.8) is 0 Å². The van der Waals surface area contributed by atoms with Gasteiger partial charge >= 0.3 is 5.97 Å². The van der Waals surface area contributed by atoms with Crippen molar-refractivity contribution in [3.8, 4) is 0 Å². The molecule has 0 bridgehead atoms. The Morgan fingerprint density at radius 1 is 1.09 bits per heavy atom. The van der Waals surface area contributed by atoms with Crippen LogP contribution in [0.25, 0.3) is 0 Å². The third-order valence-corrected chi connectivity index (χ3v) is 11.3. The maximum absolute atomic E-state index is 12.3. The van der Waals surface area contributed by atoms with Gasteiger partial charge in [-0.3, -0.25) is 0 Å². The standard InChI is InChI=1S/C32H52O2/c1-8-22(4)30(33)34-25-16-18-31(6)24(20-25)12-13-26-28-15-14-27(23(5)11-9-10-21(2)3)32(28,7)19-17-29(26)31/h8,12,21,23,25-29H,9-11,13-20H2,1-7H3/b22-8+/t23-,25-,26-,27+,28-,29-,31-,32+/m0/s1. The summed E-state index contributed by atoms with van der Waals surface area (Å²) in [6, 6.07) is 0. The molecule has 0 unspecified atom stereocenters. The second-order valence-corrected chi connectivity index (χ2v) is 13.5. The molecule has 0 aromatic heterocycles. The van der Waals surface area contributed by atoms with E-state index in [1.165, 1.54) is 57.8 Å². The van der Waals surface area contributed by atoms with Crippen molar-refractivity contribution in [1.82, 2.24) is 0 Å². The van der Waals surface area contributed by atoms with Crippen LogP contribution in [-0.2, 0) is 9.53 Å². The first kappa shape index (κ1) is 26.0. The summed E-state index contributed by atoms with van der Waals surface area (Å²) in [6.07, 6.45) is 18.9. The highest BCUT2D eigenvalue weighted by Crippen LogP contribution is 2.67. The van der Waals surface area contributed by atoms with Gasteiger partial charge in [-0.1, -0.05) is 71.6 Å². The third kappa shape index (κ3) is 4.69. The van der Waals surface area contributed by atoms with Crippen LogP contribution >= 0.6 is 0 Å². The Balaban J connectivity index is 1.44. The molecule has 2 heteroatoms. The topological polar surface area (TPSA) is 26.3 Å². The van der Waals surface area contributed by atoms with Crippen molar-refractivity contribution in [2.24, 2.45) is 46.3 Å². The van der Waals surface area contributed by atoms with Crippen LogP contribution in [0.4, 0.5) is 0 Å². The number of fused-ring (bicyclic) bond motifs is 5. The predicted molar refractivity (Wildman–Crippen MR) is 142 cm³/mol. The summed E-state index contributed by atoms with van der Waals surface area (Å²) in [7, 11) is 0. The van der Waals surface area contributed by atoms with Crippen molar-refractivity contribution in [2.75, 3.05) is 0 Å². The predicted octanol–water partition coefficient (Wildman–Crippen LogP) is 8.91. The van der Waals surface area contributed by atoms with E-state index in [1.807, 2.05) is 19.9 Å². The van der Waals surface area contributed by atoms with Crippen molar-refractivity contribution >= 4 is 5.97 Å². The maximum Gasteiger partial charge on any atom is 0.333 e. The van der Waals surface area contributed by atoms with Gasteiger partial charge in [-0.2, -0.15) is 0 Å².